The van der Waals surface area contributed by atoms with Crippen LogP contribution in [-0.2, 0) is 21.3 Å². The van der Waals surface area contributed by atoms with E-state index in [0.717, 1.165) is 27.2 Å². The minimum Gasteiger partial charge on any atom is -0.462 e. The Morgan fingerprint density at radius 2 is 1.59 bits per heavy atom. The number of halogens is 4. The van der Waals surface area contributed by atoms with Crippen LogP contribution < -0.4 is 9.04 Å². The summed E-state index contributed by atoms with van der Waals surface area (Å²) < 4.78 is 77.0. The Labute approximate surface area is 249 Å². The summed E-state index contributed by atoms with van der Waals surface area (Å²) in [4.78, 5) is 16.8. The highest BCUT2D eigenvalue weighted by atomic mass is 127. The van der Waals surface area contributed by atoms with Crippen molar-refractivity contribution < 1.29 is 35.9 Å². The number of ether oxygens (including phenoxy) is 2. The van der Waals surface area contributed by atoms with E-state index in [4.69, 9.17) is 9.72 Å². The van der Waals surface area contributed by atoms with Crippen molar-refractivity contribution in [3.63, 3.8) is 0 Å². The molecule has 0 radical (unpaired) electrons. The zero-order valence-corrected chi connectivity index (χ0v) is 25.2. The second-order valence-corrected chi connectivity index (χ2v) is 12.2. The van der Waals surface area contributed by atoms with Crippen molar-refractivity contribution in [2.45, 2.75) is 44.5 Å². The van der Waals surface area contributed by atoms with Crippen LogP contribution in [-0.4, -0.2) is 32.3 Å². The molecule has 7 nitrogen and oxygen atoms in total. The zero-order valence-electron chi connectivity index (χ0n) is 22.3. The number of pyridine rings is 1. The van der Waals surface area contributed by atoms with Gasteiger partial charge < -0.3 is 9.47 Å². The van der Waals surface area contributed by atoms with Crippen LogP contribution in [0.1, 0.15) is 48.3 Å². The quantitative estimate of drug-likeness (QED) is 0.134. The van der Waals surface area contributed by atoms with E-state index < -0.39 is 28.1 Å². The lowest BCUT2D eigenvalue weighted by Gasteiger charge is -2.27. The molecule has 0 fully saturated rings. The molecule has 0 saturated heterocycles. The van der Waals surface area contributed by atoms with Crippen LogP contribution in [0.25, 0.3) is 10.8 Å². The molecule has 0 atom stereocenters. The van der Waals surface area contributed by atoms with Gasteiger partial charge in [-0.05, 0) is 77.4 Å². The first-order valence-corrected chi connectivity index (χ1v) is 15.1. The van der Waals surface area contributed by atoms with Crippen molar-refractivity contribution in [3.05, 3.63) is 93.2 Å². The number of fused-ring (bicyclic) bond motifs is 1. The number of hydrogen-bond donors (Lipinski definition) is 0. The summed E-state index contributed by atoms with van der Waals surface area (Å²) in [6.07, 6.45) is -4.86. The van der Waals surface area contributed by atoms with Crippen molar-refractivity contribution >= 4 is 55.2 Å². The molecule has 4 aromatic rings. The largest absolute Gasteiger partial charge is 0.573 e. The molecule has 0 saturated carbocycles. The molecule has 0 spiro atoms. The monoisotopic (exact) mass is 698 g/mol. The summed E-state index contributed by atoms with van der Waals surface area (Å²) in [5.74, 6) is -0.867. The number of esters is 1. The molecule has 1 heterocycles. The first kappa shape index (κ1) is 30.6. The zero-order chi connectivity index (χ0) is 29.9. The Morgan fingerprint density at radius 1 is 0.976 bits per heavy atom. The van der Waals surface area contributed by atoms with Crippen LogP contribution >= 0.6 is 22.6 Å². The average molecular weight is 699 g/mol. The molecule has 0 unspecified atom stereocenters. The Balaban J connectivity index is 1.85. The topological polar surface area (TPSA) is 85.8 Å². The molecule has 0 aliphatic rings. The molecule has 3 aromatic carbocycles. The maximum atomic E-state index is 14.2. The third-order valence-electron chi connectivity index (χ3n) is 6.08. The molecule has 4 rings (SSSR count). The number of sulfonamides is 1. The van der Waals surface area contributed by atoms with E-state index >= 15 is 0 Å². The van der Waals surface area contributed by atoms with Crippen molar-refractivity contribution in [1.29, 1.82) is 0 Å². The van der Waals surface area contributed by atoms with E-state index in [1.54, 1.807) is 6.92 Å². The van der Waals surface area contributed by atoms with Crippen molar-refractivity contribution in [3.8, 4) is 5.75 Å². The lowest BCUT2D eigenvalue weighted by Crippen LogP contribution is -2.32. The smallest absolute Gasteiger partial charge is 0.462 e. The minimum absolute atomic E-state index is 0.0390. The van der Waals surface area contributed by atoms with E-state index in [-0.39, 0.29) is 35.3 Å². The summed E-state index contributed by atoms with van der Waals surface area (Å²) in [6.45, 7) is 5.52. The number of benzene rings is 3. The van der Waals surface area contributed by atoms with E-state index in [0.29, 0.717) is 14.8 Å². The molecule has 0 amide bonds. The number of nitrogens with zero attached hydrogens (tertiary/aromatic N) is 2. The molecule has 12 heteroatoms. The summed E-state index contributed by atoms with van der Waals surface area (Å²) in [5, 5.41) is 1.70. The Kier molecular flexibility index (Phi) is 9.12. The molecule has 0 aliphatic heterocycles. The van der Waals surface area contributed by atoms with Gasteiger partial charge in [0, 0.05) is 10.8 Å². The average Bonchev–Trinajstić information content (AvgIpc) is 2.92. The van der Waals surface area contributed by atoms with Crippen LogP contribution in [0.3, 0.4) is 0 Å². The van der Waals surface area contributed by atoms with Crippen LogP contribution in [0.4, 0.5) is 19.0 Å². The van der Waals surface area contributed by atoms with Gasteiger partial charge in [-0.25, -0.2) is 22.5 Å². The number of carbonyl (C=O) groups excluding carboxylic acids is 1. The van der Waals surface area contributed by atoms with Crippen molar-refractivity contribution in [1.82, 2.24) is 4.98 Å². The number of anilines is 1. The van der Waals surface area contributed by atoms with E-state index in [2.05, 4.69) is 27.3 Å². The van der Waals surface area contributed by atoms with Crippen molar-refractivity contribution in [2.75, 3.05) is 10.9 Å². The third kappa shape index (κ3) is 6.92. The van der Waals surface area contributed by atoms with Crippen molar-refractivity contribution in [2.24, 2.45) is 0 Å². The summed E-state index contributed by atoms with van der Waals surface area (Å²) in [6, 6.07) is 17.9. The highest BCUT2D eigenvalue weighted by Gasteiger charge is 2.32. The lowest BCUT2D eigenvalue weighted by molar-refractivity contribution is -0.274. The molecule has 0 bridgehead atoms. The summed E-state index contributed by atoms with van der Waals surface area (Å²) >= 11 is 2.06. The highest BCUT2D eigenvalue weighted by molar-refractivity contribution is 14.1. The fourth-order valence-corrected chi connectivity index (χ4v) is 6.65. The van der Waals surface area contributed by atoms with Gasteiger partial charge >= 0.3 is 12.3 Å². The predicted octanol–water partition coefficient (Wildman–Crippen LogP) is 7.43. The van der Waals surface area contributed by atoms with Crippen LogP contribution in [0.2, 0.25) is 0 Å². The van der Waals surface area contributed by atoms with Gasteiger partial charge in [0.05, 0.1) is 32.9 Å². The Morgan fingerprint density at radius 3 is 2.15 bits per heavy atom. The van der Waals surface area contributed by atoms with Gasteiger partial charge in [-0.15, -0.1) is 13.2 Å². The summed E-state index contributed by atoms with van der Waals surface area (Å²) in [7, 11) is -4.28. The second-order valence-electron chi connectivity index (χ2n) is 9.28. The minimum atomic E-state index is -4.86. The first-order chi connectivity index (χ1) is 19.3. The van der Waals surface area contributed by atoms with E-state index in [1.165, 1.54) is 36.4 Å². The SMILES string of the molecule is CCOC(=O)c1ccc(S(=O)(=O)N(Cc2ccc(OC(F)(F)F)cc2)c2nc(C(C)C)c3ccccc3c2I)cc1. The molecule has 216 valence electrons. The molecular weight excluding hydrogens is 672 g/mol. The van der Waals surface area contributed by atoms with Crippen LogP contribution in [0.15, 0.2) is 77.7 Å². The predicted molar refractivity (Wildman–Crippen MR) is 157 cm³/mol. The fraction of sp³-hybridized carbons (Fsp3) is 0.241. The molecule has 1 aromatic heterocycles. The van der Waals surface area contributed by atoms with Crippen LogP contribution in [0.5, 0.6) is 5.75 Å². The number of alkyl halides is 3. The number of aromatic nitrogens is 1. The standard InChI is InChI=1S/C29H26F3IN2O5S/c1-4-39-28(36)20-11-15-22(16-12-20)41(37,38)35(17-19-9-13-21(14-10-19)40-29(30,31)32)27-25(33)23-7-5-6-8-24(23)26(34-27)18(2)3/h5-16,18H,4,17H2,1-3H3. The fourth-order valence-electron chi connectivity index (χ4n) is 4.19. The normalized spacial score (nSPS) is 12.0. The van der Waals surface area contributed by atoms with Gasteiger partial charge in [-0.2, -0.15) is 0 Å². The van der Waals surface area contributed by atoms with Gasteiger partial charge in [0.2, 0.25) is 0 Å². The van der Waals surface area contributed by atoms with E-state index in [1.807, 2.05) is 38.1 Å². The first-order valence-electron chi connectivity index (χ1n) is 12.5. The van der Waals surface area contributed by atoms with Gasteiger partial charge in [-0.1, -0.05) is 50.2 Å². The van der Waals surface area contributed by atoms with Gasteiger partial charge in [0.25, 0.3) is 10.0 Å². The number of hydrogen-bond acceptors (Lipinski definition) is 6. The number of carbonyl (C=O) groups is 1. The lowest BCUT2D eigenvalue weighted by atomic mass is 10.0. The third-order valence-corrected chi connectivity index (χ3v) is 8.90. The van der Waals surface area contributed by atoms with Gasteiger partial charge in [0.1, 0.15) is 5.75 Å². The molecular formula is C29H26F3IN2O5S. The van der Waals surface area contributed by atoms with E-state index in [9.17, 15) is 26.4 Å². The maximum Gasteiger partial charge on any atom is 0.573 e. The molecule has 41 heavy (non-hydrogen) atoms. The van der Waals surface area contributed by atoms with Crippen LogP contribution in [0, 0.1) is 3.57 Å². The van der Waals surface area contributed by atoms with Gasteiger partial charge in [-0.3, -0.25) is 0 Å². The summed E-state index contributed by atoms with van der Waals surface area (Å²) in [5.41, 5.74) is 1.30. The number of rotatable bonds is 9. The molecule has 0 N–H and O–H groups in total. The Hall–Kier alpha value is -3.39. The van der Waals surface area contributed by atoms with Gasteiger partial charge in [0.15, 0.2) is 5.82 Å². The highest BCUT2D eigenvalue weighted by Crippen LogP contribution is 2.37. The second kappa shape index (κ2) is 12.2. The Bertz CT molecular complexity index is 1660. The molecule has 0 aliphatic carbocycles. The maximum absolute atomic E-state index is 14.2.